The molecule has 2 aromatic carbocycles. The number of amides is 2. The summed E-state index contributed by atoms with van der Waals surface area (Å²) in [5.74, 6) is 0.577. The first-order chi connectivity index (χ1) is 12.1. The minimum absolute atomic E-state index is 0.110. The van der Waals surface area contributed by atoms with Gasteiger partial charge in [-0.05, 0) is 41.3 Å². The van der Waals surface area contributed by atoms with E-state index in [1.165, 1.54) is 0 Å². The highest BCUT2D eigenvalue weighted by Crippen LogP contribution is 2.23. The van der Waals surface area contributed by atoms with Crippen LogP contribution in [0.3, 0.4) is 0 Å². The maximum absolute atomic E-state index is 12.0. The van der Waals surface area contributed by atoms with E-state index in [0.717, 1.165) is 16.5 Å². The molecule has 0 aliphatic rings. The second-order valence-corrected chi connectivity index (χ2v) is 5.80. The Balaban J connectivity index is 1.60. The molecule has 3 N–H and O–H groups in total. The highest BCUT2D eigenvalue weighted by molar-refractivity contribution is 5.90. The van der Waals surface area contributed by atoms with Crippen LogP contribution in [0.15, 0.2) is 54.7 Å². The molecule has 0 aliphatic heterocycles. The molecule has 0 fully saturated rings. The molecule has 1 aromatic heterocycles. The smallest absolute Gasteiger partial charge is 0.319 e. The summed E-state index contributed by atoms with van der Waals surface area (Å²) in [6.07, 6.45) is 1.19. The molecule has 1 heterocycles. The van der Waals surface area contributed by atoms with E-state index >= 15 is 0 Å². The zero-order valence-corrected chi connectivity index (χ0v) is 14.2. The summed E-state index contributed by atoms with van der Waals surface area (Å²) in [4.78, 5) is 12.0. The van der Waals surface area contributed by atoms with Crippen molar-refractivity contribution >= 4 is 22.6 Å². The number of aryl methyl sites for hydroxylation is 1. The molecule has 2 amide bonds. The van der Waals surface area contributed by atoms with E-state index in [-0.39, 0.29) is 6.54 Å². The molecule has 3 rings (SSSR count). The second-order valence-electron chi connectivity index (χ2n) is 5.80. The Morgan fingerprint density at radius 2 is 2.04 bits per heavy atom. The average molecular weight is 339 g/mol. The number of urea groups is 1. The summed E-state index contributed by atoms with van der Waals surface area (Å²) < 4.78 is 7.21. The van der Waals surface area contributed by atoms with Crippen molar-refractivity contribution < 1.29 is 14.6 Å². The number of nitrogens with zero attached hydrogens (tertiary/aromatic N) is 1. The van der Waals surface area contributed by atoms with Crippen molar-refractivity contribution in [2.45, 2.75) is 6.10 Å². The fraction of sp³-hybridized carbons (Fsp3) is 0.211. The van der Waals surface area contributed by atoms with Crippen LogP contribution >= 0.6 is 0 Å². The molecule has 0 aliphatic carbocycles. The van der Waals surface area contributed by atoms with Gasteiger partial charge in [-0.3, -0.25) is 0 Å². The van der Waals surface area contributed by atoms with Gasteiger partial charge in [-0.2, -0.15) is 0 Å². The first-order valence-electron chi connectivity index (χ1n) is 7.99. The van der Waals surface area contributed by atoms with Crippen molar-refractivity contribution in [2.75, 3.05) is 19.0 Å². The van der Waals surface area contributed by atoms with Gasteiger partial charge in [0.05, 0.1) is 18.9 Å². The Morgan fingerprint density at radius 3 is 2.84 bits per heavy atom. The summed E-state index contributed by atoms with van der Waals surface area (Å²) in [7, 11) is 3.52. The van der Waals surface area contributed by atoms with E-state index in [9.17, 15) is 9.90 Å². The van der Waals surface area contributed by atoms with E-state index in [1.807, 2.05) is 54.2 Å². The minimum Gasteiger partial charge on any atom is -0.495 e. The molecule has 0 radical (unpaired) electrons. The fourth-order valence-electron chi connectivity index (χ4n) is 2.73. The molecule has 25 heavy (non-hydrogen) atoms. The maximum Gasteiger partial charge on any atom is 0.319 e. The van der Waals surface area contributed by atoms with Crippen LogP contribution in [0.1, 0.15) is 11.7 Å². The van der Waals surface area contributed by atoms with Crippen LogP contribution in [-0.2, 0) is 7.05 Å². The van der Waals surface area contributed by atoms with E-state index in [2.05, 4.69) is 10.6 Å². The number of ether oxygens (including phenoxy) is 1. The molecule has 0 spiro atoms. The average Bonchev–Trinajstić information content (AvgIpc) is 3.00. The lowest BCUT2D eigenvalue weighted by Crippen LogP contribution is -2.32. The van der Waals surface area contributed by atoms with Gasteiger partial charge < -0.3 is 25.0 Å². The quantitative estimate of drug-likeness (QED) is 0.669. The van der Waals surface area contributed by atoms with Crippen molar-refractivity contribution in [1.82, 2.24) is 9.88 Å². The number of aliphatic hydroxyl groups excluding tert-OH is 1. The summed E-state index contributed by atoms with van der Waals surface area (Å²) in [5, 5.41) is 16.8. The number of carbonyl (C=O) groups is 1. The van der Waals surface area contributed by atoms with Crippen molar-refractivity contribution in [3.05, 3.63) is 60.3 Å². The number of hydrogen-bond donors (Lipinski definition) is 3. The molecule has 0 bridgehead atoms. The van der Waals surface area contributed by atoms with Gasteiger partial charge in [0, 0.05) is 25.3 Å². The Kier molecular flexibility index (Phi) is 4.90. The first kappa shape index (κ1) is 16.9. The molecular weight excluding hydrogens is 318 g/mol. The summed E-state index contributed by atoms with van der Waals surface area (Å²) in [6, 6.07) is 14.5. The lowest BCUT2D eigenvalue weighted by Gasteiger charge is -2.14. The highest BCUT2D eigenvalue weighted by Gasteiger charge is 2.12. The molecule has 3 aromatic rings. The number of benzene rings is 2. The first-order valence-corrected chi connectivity index (χ1v) is 7.99. The number of aliphatic hydroxyl groups is 1. The van der Waals surface area contributed by atoms with E-state index in [4.69, 9.17) is 4.74 Å². The SMILES string of the molecule is COc1ccccc1NC(=O)NC[C@@H](O)c1ccc2c(ccn2C)c1. The van der Waals surface area contributed by atoms with E-state index < -0.39 is 12.1 Å². The lowest BCUT2D eigenvalue weighted by molar-refractivity contribution is 0.175. The van der Waals surface area contributed by atoms with Crippen LogP contribution in [-0.4, -0.2) is 29.4 Å². The molecule has 1 atom stereocenters. The number of fused-ring (bicyclic) bond motifs is 1. The van der Waals surface area contributed by atoms with Crippen LogP contribution in [0, 0.1) is 0 Å². The number of carbonyl (C=O) groups excluding carboxylic acids is 1. The number of anilines is 1. The van der Waals surface area contributed by atoms with Crippen molar-refractivity contribution in [3.63, 3.8) is 0 Å². The summed E-state index contributed by atoms with van der Waals surface area (Å²) in [6.45, 7) is 0.110. The predicted octanol–water partition coefficient (Wildman–Crippen LogP) is 3.04. The zero-order chi connectivity index (χ0) is 17.8. The van der Waals surface area contributed by atoms with Gasteiger partial charge in [-0.15, -0.1) is 0 Å². The van der Waals surface area contributed by atoms with Gasteiger partial charge in [0.15, 0.2) is 0 Å². The molecule has 6 heteroatoms. The fourth-order valence-corrected chi connectivity index (χ4v) is 2.73. The van der Waals surface area contributed by atoms with Gasteiger partial charge >= 0.3 is 6.03 Å². The van der Waals surface area contributed by atoms with E-state index in [0.29, 0.717) is 11.4 Å². The van der Waals surface area contributed by atoms with Gasteiger partial charge in [-0.25, -0.2) is 4.79 Å². The van der Waals surface area contributed by atoms with Crippen LogP contribution in [0.5, 0.6) is 5.75 Å². The number of rotatable bonds is 5. The largest absolute Gasteiger partial charge is 0.495 e. The third kappa shape index (κ3) is 3.75. The van der Waals surface area contributed by atoms with Crippen LogP contribution in [0.25, 0.3) is 10.9 Å². The van der Waals surface area contributed by atoms with Crippen molar-refractivity contribution in [1.29, 1.82) is 0 Å². The lowest BCUT2D eigenvalue weighted by atomic mass is 10.1. The molecule has 0 saturated carbocycles. The third-order valence-electron chi connectivity index (χ3n) is 4.11. The maximum atomic E-state index is 12.0. The molecule has 0 unspecified atom stereocenters. The Hall–Kier alpha value is -2.99. The highest BCUT2D eigenvalue weighted by atomic mass is 16.5. The Labute approximate surface area is 146 Å². The van der Waals surface area contributed by atoms with Crippen molar-refractivity contribution in [2.24, 2.45) is 7.05 Å². The normalized spacial score (nSPS) is 12.0. The topological polar surface area (TPSA) is 75.5 Å². The van der Waals surface area contributed by atoms with Crippen LogP contribution < -0.4 is 15.4 Å². The second kappa shape index (κ2) is 7.27. The number of para-hydroxylation sites is 2. The monoisotopic (exact) mass is 339 g/mol. The number of hydrogen-bond acceptors (Lipinski definition) is 3. The predicted molar refractivity (Wildman–Crippen MR) is 97.9 cm³/mol. The number of methoxy groups -OCH3 is 1. The summed E-state index contributed by atoms with van der Waals surface area (Å²) >= 11 is 0. The molecule has 130 valence electrons. The van der Waals surface area contributed by atoms with Gasteiger partial charge in [0.25, 0.3) is 0 Å². The van der Waals surface area contributed by atoms with Gasteiger partial charge in [-0.1, -0.05) is 18.2 Å². The molecule has 0 saturated heterocycles. The standard InChI is InChI=1S/C19H21N3O3/c1-22-10-9-13-11-14(7-8-16(13)22)17(23)12-20-19(24)21-15-5-3-4-6-18(15)25-2/h3-11,17,23H,12H2,1-2H3,(H2,20,21,24)/t17-/m1/s1. The third-order valence-corrected chi connectivity index (χ3v) is 4.11. The van der Waals surface area contributed by atoms with Gasteiger partial charge in [0.1, 0.15) is 5.75 Å². The van der Waals surface area contributed by atoms with Crippen LogP contribution in [0.4, 0.5) is 10.5 Å². The number of nitrogens with one attached hydrogen (secondary N) is 2. The summed E-state index contributed by atoms with van der Waals surface area (Å²) in [5.41, 5.74) is 2.43. The minimum atomic E-state index is -0.784. The van der Waals surface area contributed by atoms with Crippen molar-refractivity contribution in [3.8, 4) is 5.75 Å². The Bertz CT molecular complexity index is 889. The zero-order valence-electron chi connectivity index (χ0n) is 14.2. The molecule has 6 nitrogen and oxygen atoms in total. The van der Waals surface area contributed by atoms with Crippen LogP contribution in [0.2, 0.25) is 0 Å². The molecular formula is C19H21N3O3. The van der Waals surface area contributed by atoms with Gasteiger partial charge in [0.2, 0.25) is 0 Å². The number of aromatic nitrogens is 1. The van der Waals surface area contributed by atoms with E-state index in [1.54, 1.807) is 19.2 Å². The Morgan fingerprint density at radius 1 is 1.24 bits per heavy atom.